The third-order valence-electron chi connectivity index (χ3n) is 4.87. The van der Waals surface area contributed by atoms with Gasteiger partial charge in [0, 0.05) is 17.1 Å². The number of pyridine rings is 1. The molecule has 1 N–H and O–H groups in total. The summed E-state index contributed by atoms with van der Waals surface area (Å²) in [4.78, 5) is 4.51. The molecule has 4 aromatic rings. The van der Waals surface area contributed by atoms with Crippen LogP contribution in [0.1, 0.15) is 24.3 Å². The maximum absolute atomic E-state index is 14.8. The molecule has 2 aromatic heterocycles. The highest BCUT2D eigenvalue weighted by atomic mass is 19.1. The summed E-state index contributed by atoms with van der Waals surface area (Å²) in [5, 5.41) is 8.18. The van der Waals surface area contributed by atoms with E-state index >= 15 is 0 Å². The number of hydrogen-bond donors (Lipinski definition) is 1. The largest absolute Gasteiger partial charge is 0.278 e. The zero-order valence-corrected chi connectivity index (χ0v) is 13.5. The van der Waals surface area contributed by atoms with Crippen LogP contribution in [0.5, 0.6) is 0 Å². The van der Waals surface area contributed by atoms with Crippen molar-refractivity contribution in [3.8, 4) is 22.4 Å². The standard InChI is InChI=1S/C21H16FN3/c22-17-10-9-15(18-5-1-2-11-23-18)21(20(17)13-7-8-13)14-4-3-6-19-16(14)12-24-25-19/h1-6,9-13H,7-8H2,(H,24,25). The fraction of sp³-hybridized carbons (Fsp3) is 0.143. The first-order valence-electron chi connectivity index (χ1n) is 8.49. The van der Waals surface area contributed by atoms with Crippen molar-refractivity contribution in [2.45, 2.75) is 18.8 Å². The van der Waals surface area contributed by atoms with E-state index in [1.165, 1.54) is 0 Å². The average molecular weight is 329 g/mol. The maximum Gasteiger partial charge on any atom is 0.127 e. The quantitative estimate of drug-likeness (QED) is 0.553. The highest BCUT2D eigenvalue weighted by molar-refractivity contribution is 5.99. The summed E-state index contributed by atoms with van der Waals surface area (Å²) in [6.07, 6.45) is 5.67. The first-order valence-corrected chi connectivity index (χ1v) is 8.49. The van der Waals surface area contributed by atoms with Crippen LogP contribution in [0, 0.1) is 5.82 Å². The lowest BCUT2D eigenvalue weighted by Crippen LogP contribution is -1.97. The molecule has 0 unspecified atom stereocenters. The normalized spacial score (nSPS) is 14.1. The number of benzene rings is 2. The fourth-order valence-electron chi connectivity index (χ4n) is 3.58. The summed E-state index contributed by atoms with van der Waals surface area (Å²) in [5.41, 5.74) is 5.56. The molecule has 0 saturated heterocycles. The van der Waals surface area contributed by atoms with E-state index in [1.54, 1.807) is 12.3 Å². The van der Waals surface area contributed by atoms with E-state index in [0.29, 0.717) is 5.92 Å². The van der Waals surface area contributed by atoms with Crippen molar-refractivity contribution in [1.82, 2.24) is 15.2 Å². The average Bonchev–Trinajstić information content (AvgIpc) is 3.37. The Hall–Kier alpha value is -3.01. The molecule has 3 nitrogen and oxygen atoms in total. The van der Waals surface area contributed by atoms with Gasteiger partial charge in [-0.3, -0.25) is 10.1 Å². The zero-order chi connectivity index (χ0) is 16.8. The predicted octanol–water partition coefficient (Wildman–Crippen LogP) is 5.31. The van der Waals surface area contributed by atoms with Crippen LogP contribution in [0.2, 0.25) is 0 Å². The Morgan fingerprint density at radius 2 is 1.88 bits per heavy atom. The molecule has 2 heterocycles. The van der Waals surface area contributed by atoms with E-state index in [4.69, 9.17) is 0 Å². The molecule has 1 saturated carbocycles. The minimum absolute atomic E-state index is 0.127. The second-order valence-electron chi connectivity index (χ2n) is 6.51. The van der Waals surface area contributed by atoms with Gasteiger partial charge in [-0.15, -0.1) is 0 Å². The molecule has 5 rings (SSSR count). The first kappa shape index (κ1) is 14.3. The fourth-order valence-corrected chi connectivity index (χ4v) is 3.58. The summed E-state index contributed by atoms with van der Waals surface area (Å²) >= 11 is 0. The first-order chi connectivity index (χ1) is 12.3. The third-order valence-corrected chi connectivity index (χ3v) is 4.87. The van der Waals surface area contributed by atoms with Crippen molar-refractivity contribution < 1.29 is 4.39 Å². The molecule has 122 valence electrons. The number of H-pyrrole nitrogens is 1. The van der Waals surface area contributed by atoms with Crippen molar-refractivity contribution in [2.75, 3.05) is 0 Å². The molecule has 0 spiro atoms. The minimum atomic E-state index is -0.127. The maximum atomic E-state index is 14.8. The smallest absolute Gasteiger partial charge is 0.127 e. The van der Waals surface area contributed by atoms with Gasteiger partial charge in [0.15, 0.2) is 0 Å². The summed E-state index contributed by atoms with van der Waals surface area (Å²) in [6, 6.07) is 15.3. The Balaban J connectivity index is 1.88. The van der Waals surface area contributed by atoms with Crippen LogP contribution < -0.4 is 0 Å². The van der Waals surface area contributed by atoms with Crippen LogP contribution in [0.15, 0.2) is 60.9 Å². The van der Waals surface area contributed by atoms with Crippen LogP contribution in [0.4, 0.5) is 4.39 Å². The lowest BCUT2D eigenvalue weighted by molar-refractivity contribution is 0.612. The van der Waals surface area contributed by atoms with Crippen LogP contribution in [-0.2, 0) is 0 Å². The van der Waals surface area contributed by atoms with Gasteiger partial charge in [0.25, 0.3) is 0 Å². The van der Waals surface area contributed by atoms with E-state index in [-0.39, 0.29) is 5.82 Å². The van der Waals surface area contributed by atoms with Gasteiger partial charge in [-0.25, -0.2) is 4.39 Å². The molecule has 1 aliphatic carbocycles. The van der Waals surface area contributed by atoms with Gasteiger partial charge < -0.3 is 0 Å². The third kappa shape index (κ3) is 2.33. The Morgan fingerprint density at radius 1 is 0.960 bits per heavy atom. The van der Waals surface area contributed by atoms with Gasteiger partial charge in [0.05, 0.1) is 17.4 Å². The van der Waals surface area contributed by atoms with Crippen LogP contribution >= 0.6 is 0 Å². The lowest BCUT2D eigenvalue weighted by Gasteiger charge is -2.16. The number of hydrogen-bond acceptors (Lipinski definition) is 2. The van der Waals surface area contributed by atoms with Gasteiger partial charge in [0.1, 0.15) is 5.82 Å². The Kier molecular flexibility index (Phi) is 3.17. The van der Waals surface area contributed by atoms with Gasteiger partial charge in [-0.1, -0.05) is 18.2 Å². The van der Waals surface area contributed by atoms with Crippen molar-refractivity contribution in [3.05, 3.63) is 72.3 Å². The van der Waals surface area contributed by atoms with E-state index in [0.717, 1.165) is 51.7 Å². The number of nitrogens with zero attached hydrogens (tertiary/aromatic N) is 2. The molecule has 4 heteroatoms. The molecule has 0 atom stereocenters. The second-order valence-corrected chi connectivity index (χ2v) is 6.51. The second kappa shape index (κ2) is 5.52. The highest BCUT2D eigenvalue weighted by Crippen LogP contribution is 2.49. The Labute approximate surface area is 144 Å². The molecule has 0 aliphatic heterocycles. The van der Waals surface area contributed by atoms with Crippen LogP contribution in [0.3, 0.4) is 0 Å². The van der Waals surface area contributed by atoms with Crippen molar-refractivity contribution in [3.63, 3.8) is 0 Å². The molecule has 0 bridgehead atoms. The van der Waals surface area contributed by atoms with E-state index in [9.17, 15) is 4.39 Å². The molecule has 1 aliphatic rings. The number of aromatic amines is 1. The molecule has 0 amide bonds. The molecule has 25 heavy (non-hydrogen) atoms. The predicted molar refractivity (Wildman–Crippen MR) is 96.7 cm³/mol. The molecule has 0 radical (unpaired) electrons. The Morgan fingerprint density at radius 3 is 2.68 bits per heavy atom. The molecule has 2 aromatic carbocycles. The van der Waals surface area contributed by atoms with E-state index < -0.39 is 0 Å². The summed E-state index contributed by atoms with van der Waals surface area (Å²) < 4.78 is 14.8. The van der Waals surface area contributed by atoms with Gasteiger partial charge in [-0.2, -0.15) is 5.10 Å². The van der Waals surface area contributed by atoms with Crippen molar-refractivity contribution in [1.29, 1.82) is 0 Å². The zero-order valence-electron chi connectivity index (χ0n) is 13.5. The monoisotopic (exact) mass is 329 g/mol. The van der Waals surface area contributed by atoms with E-state index in [2.05, 4.69) is 15.2 Å². The number of aromatic nitrogens is 3. The highest BCUT2D eigenvalue weighted by Gasteiger charge is 2.31. The Bertz CT molecular complexity index is 1070. The SMILES string of the molecule is Fc1ccc(-c2ccccn2)c(-c2cccc3[nH]ncc23)c1C1CC1. The van der Waals surface area contributed by atoms with Crippen molar-refractivity contribution in [2.24, 2.45) is 0 Å². The van der Waals surface area contributed by atoms with Gasteiger partial charge in [0.2, 0.25) is 0 Å². The van der Waals surface area contributed by atoms with Gasteiger partial charge >= 0.3 is 0 Å². The summed E-state index contributed by atoms with van der Waals surface area (Å²) in [5.74, 6) is 0.165. The molecular weight excluding hydrogens is 313 g/mol. The van der Waals surface area contributed by atoms with Crippen LogP contribution in [-0.4, -0.2) is 15.2 Å². The summed E-state index contributed by atoms with van der Waals surface area (Å²) in [7, 11) is 0. The topological polar surface area (TPSA) is 41.6 Å². The number of rotatable bonds is 3. The number of fused-ring (bicyclic) bond motifs is 1. The lowest BCUT2D eigenvalue weighted by atomic mass is 9.88. The number of nitrogens with one attached hydrogen (secondary N) is 1. The van der Waals surface area contributed by atoms with Crippen molar-refractivity contribution >= 4 is 10.9 Å². The molecule has 1 fully saturated rings. The van der Waals surface area contributed by atoms with Crippen LogP contribution in [0.25, 0.3) is 33.3 Å². The van der Waals surface area contributed by atoms with Gasteiger partial charge in [-0.05, 0) is 65.8 Å². The van der Waals surface area contributed by atoms with E-state index in [1.807, 2.05) is 48.7 Å². The number of halogens is 1. The molecular formula is C21H16FN3. The summed E-state index contributed by atoms with van der Waals surface area (Å²) in [6.45, 7) is 0. The minimum Gasteiger partial charge on any atom is -0.278 e.